The Hall–Kier alpha value is -4.18. The zero-order chi connectivity index (χ0) is 25.0. The molecule has 0 unspecified atom stereocenters. The highest BCUT2D eigenvalue weighted by Gasteiger charge is 2.23. The molecule has 4 heteroatoms. The first-order valence-electron chi connectivity index (χ1n) is 11.5. The monoisotopic (exact) mass is 440 g/mol. The van der Waals surface area contributed by atoms with Crippen LogP contribution in [0.5, 0.6) is 23.0 Å². The quantitative estimate of drug-likeness (QED) is 0.271. The van der Waals surface area contributed by atoms with Gasteiger partial charge in [0, 0.05) is 16.5 Å². The van der Waals surface area contributed by atoms with Crippen molar-refractivity contribution >= 4 is 12.5 Å². The highest BCUT2D eigenvalue weighted by molar-refractivity contribution is 5.75. The lowest BCUT2D eigenvalue weighted by Gasteiger charge is -2.26. The molecule has 0 radical (unpaired) electrons. The molecule has 0 aromatic heterocycles. The van der Waals surface area contributed by atoms with E-state index in [9.17, 15) is 9.59 Å². The third-order valence-electron chi connectivity index (χ3n) is 5.57. The number of hydrogen-bond acceptors (Lipinski definition) is 4. The summed E-state index contributed by atoms with van der Waals surface area (Å²) in [5.41, 5.74) is 2.62. The molecule has 164 valence electrons. The standard InChI is InChI=1S/C29H24O4/c1-29(2,23-7-15-27(16-8-23)32-25-11-3-21(19-30)4-12-25)24-9-17-28(18-10-24)33-26-13-5-22(20-31)6-14-26/h3-20H,1-2H3/i19T,20T. The molecule has 0 heterocycles. The van der Waals surface area contributed by atoms with E-state index in [-0.39, 0.29) is 5.41 Å². The molecule has 4 aromatic rings. The minimum Gasteiger partial charge on any atom is -0.457 e. The van der Waals surface area contributed by atoms with E-state index in [0.717, 1.165) is 11.1 Å². The van der Waals surface area contributed by atoms with Crippen LogP contribution in [0.1, 0.15) is 48.4 Å². The summed E-state index contributed by atoms with van der Waals surface area (Å²) in [4.78, 5) is 22.2. The molecule has 4 aromatic carbocycles. The number of carbonyl (C=O) groups excluding carboxylic acids is 2. The topological polar surface area (TPSA) is 52.6 Å². The molecule has 0 aliphatic carbocycles. The molecule has 0 saturated heterocycles. The van der Waals surface area contributed by atoms with Gasteiger partial charge < -0.3 is 9.47 Å². The van der Waals surface area contributed by atoms with Gasteiger partial charge in [0.2, 0.25) is 0 Å². The fourth-order valence-electron chi connectivity index (χ4n) is 3.50. The molecule has 0 aliphatic heterocycles. The van der Waals surface area contributed by atoms with Crippen molar-refractivity contribution in [2.45, 2.75) is 19.3 Å². The van der Waals surface area contributed by atoms with Crippen LogP contribution in [0.3, 0.4) is 0 Å². The van der Waals surface area contributed by atoms with E-state index in [2.05, 4.69) is 13.8 Å². The van der Waals surface area contributed by atoms with Crippen LogP contribution < -0.4 is 9.47 Å². The first kappa shape index (κ1) is 19.5. The Kier molecular flexibility index (Phi) is 5.63. The van der Waals surface area contributed by atoms with Gasteiger partial charge in [-0.1, -0.05) is 38.1 Å². The summed E-state index contributed by atoms with van der Waals surface area (Å²) in [5.74, 6) is 2.55. The average Bonchev–Trinajstić information content (AvgIpc) is 2.85. The molecular weight excluding hydrogens is 412 g/mol. The fourth-order valence-corrected chi connectivity index (χ4v) is 3.50. The Morgan fingerprint density at radius 1 is 0.545 bits per heavy atom. The molecule has 4 rings (SSSR count). The van der Waals surface area contributed by atoms with E-state index >= 15 is 0 Å². The molecule has 0 bridgehead atoms. The number of rotatable bonds is 8. The predicted molar refractivity (Wildman–Crippen MR) is 129 cm³/mol. The Balaban J connectivity index is 1.43. The summed E-state index contributed by atoms with van der Waals surface area (Å²) >= 11 is 0. The lowest BCUT2D eigenvalue weighted by atomic mass is 9.78. The maximum atomic E-state index is 11.1. The Bertz CT molecular complexity index is 1220. The van der Waals surface area contributed by atoms with E-state index in [0.29, 0.717) is 34.1 Å². The average molecular weight is 441 g/mol. The van der Waals surface area contributed by atoms with Crippen molar-refractivity contribution in [2.24, 2.45) is 0 Å². The van der Waals surface area contributed by atoms with E-state index in [1.165, 1.54) is 0 Å². The van der Waals surface area contributed by atoms with Crippen molar-refractivity contribution in [3.8, 4) is 23.0 Å². The summed E-state index contributed by atoms with van der Waals surface area (Å²) in [5, 5.41) is 0. The number of hydrogen-bond donors (Lipinski definition) is 0. The van der Waals surface area contributed by atoms with Gasteiger partial charge in [0.15, 0.2) is 0 Å². The third-order valence-corrected chi connectivity index (χ3v) is 5.57. The second-order valence-electron chi connectivity index (χ2n) is 8.13. The number of ether oxygens (including phenoxy) is 2. The van der Waals surface area contributed by atoms with Crippen molar-refractivity contribution in [3.63, 3.8) is 0 Å². The van der Waals surface area contributed by atoms with Crippen molar-refractivity contribution < 1.29 is 21.8 Å². The molecule has 0 atom stereocenters. The lowest BCUT2D eigenvalue weighted by Crippen LogP contribution is -2.18. The Morgan fingerprint density at radius 2 is 0.818 bits per heavy atom. The van der Waals surface area contributed by atoms with Crippen LogP contribution in [-0.2, 0) is 5.41 Å². The largest absolute Gasteiger partial charge is 0.457 e. The highest BCUT2D eigenvalue weighted by Crippen LogP contribution is 2.34. The second-order valence-corrected chi connectivity index (χ2v) is 8.13. The fraction of sp³-hybridized carbons (Fsp3) is 0.103. The molecule has 4 nitrogen and oxygen atoms in total. The second kappa shape index (κ2) is 9.53. The Morgan fingerprint density at radius 3 is 1.09 bits per heavy atom. The van der Waals surface area contributed by atoms with Gasteiger partial charge in [-0.15, -0.1) is 0 Å². The van der Waals surface area contributed by atoms with Gasteiger partial charge in [-0.05, 0) is 83.9 Å². The van der Waals surface area contributed by atoms with Crippen LogP contribution in [0.25, 0.3) is 0 Å². The van der Waals surface area contributed by atoms with Crippen molar-refractivity contribution in [1.29, 1.82) is 0 Å². The van der Waals surface area contributed by atoms with Gasteiger partial charge in [-0.2, -0.15) is 0 Å². The van der Waals surface area contributed by atoms with Crippen molar-refractivity contribution in [1.82, 2.24) is 0 Å². The summed E-state index contributed by atoms with van der Waals surface area (Å²) in [6.07, 6.45) is -1.45. The molecule has 33 heavy (non-hydrogen) atoms. The first-order valence-corrected chi connectivity index (χ1v) is 10.5. The van der Waals surface area contributed by atoms with Crippen LogP contribution in [-0.4, -0.2) is 12.5 Å². The zero-order valence-electron chi connectivity index (χ0n) is 20.4. The summed E-state index contributed by atoms with van der Waals surface area (Å²) in [6.45, 7) is 4.29. The molecular formula is C29H24O4. The maximum Gasteiger partial charge on any atom is 0.150 e. The van der Waals surface area contributed by atoms with Gasteiger partial charge in [0.05, 0.1) is 0 Å². The predicted octanol–water partition coefficient (Wildman–Crippen LogP) is 7.22. The number of aldehydes is 2. The van der Waals surface area contributed by atoms with Gasteiger partial charge >= 0.3 is 0 Å². The third kappa shape index (κ3) is 5.18. The summed E-state index contributed by atoms with van der Waals surface area (Å²) in [7, 11) is 0. The maximum absolute atomic E-state index is 11.1. The van der Waals surface area contributed by atoms with Crippen LogP contribution in [0.2, 0.25) is 0 Å². The van der Waals surface area contributed by atoms with E-state index in [1.54, 1.807) is 48.5 Å². The van der Waals surface area contributed by atoms with Gasteiger partial charge in [-0.3, -0.25) is 9.59 Å². The lowest BCUT2D eigenvalue weighted by molar-refractivity contribution is 0.111. The van der Waals surface area contributed by atoms with Gasteiger partial charge in [0.25, 0.3) is 0 Å². The van der Waals surface area contributed by atoms with Crippen LogP contribution in [0, 0.1) is 0 Å². The van der Waals surface area contributed by atoms with E-state index in [1.807, 2.05) is 48.5 Å². The molecule has 0 fully saturated rings. The minimum atomic E-state index is -0.723. The molecule has 0 N–H and O–H groups in total. The van der Waals surface area contributed by atoms with Crippen LogP contribution in [0.15, 0.2) is 97.1 Å². The molecule has 0 saturated carbocycles. The van der Waals surface area contributed by atoms with Crippen molar-refractivity contribution in [2.75, 3.05) is 0 Å². The molecule has 0 spiro atoms. The zero-order valence-corrected chi connectivity index (χ0v) is 18.4. The number of benzene rings is 4. The molecule has 0 amide bonds. The Labute approximate surface area is 196 Å². The minimum absolute atomic E-state index is 0.261. The van der Waals surface area contributed by atoms with Crippen LogP contribution in [0.4, 0.5) is 0 Å². The SMILES string of the molecule is [3H]C(=O)c1ccc(Oc2ccc(C(C)(C)c3ccc(Oc4ccc(C([3H])=O)cc4)cc3)cc2)cc1. The van der Waals surface area contributed by atoms with Crippen LogP contribution >= 0.6 is 0 Å². The van der Waals surface area contributed by atoms with Crippen molar-refractivity contribution in [3.05, 3.63) is 119 Å². The summed E-state index contributed by atoms with van der Waals surface area (Å²) in [6, 6.07) is 28.7. The first-order chi connectivity index (χ1) is 16.7. The van der Waals surface area contributed by atoms with Gasteiger partial charge in [-0.25, -0.2) is 0 Å². The van der Waals surface area contributed by atoms with Gasteiger partial charge in [0.1, 0.15) is 38.3 Å². The van der Waals surface area contributed by atoms with E-state index in [4.69, 9.17) is 12.2 Å². The summed E-state index contributed by atoms with van der Waals surface area (Å²) < 4.78 is 26.0. The molecule has 0 aliphatic rings. The van der Waals surface area contributed by atoms with E-state index < -0.39 is 12.5 Å². The normalized spacial score (nSPS) is 11.8. The highest BCUT2D eigenvalue weighted by atomic mass is 16.5. The smallest absolute Gasteiger partial charge is 0.150 e. The number of carbonyl (C=O) groups is 2.